The minimum atomic E-state index is -0.848. The molecule has 0 N–H and O–H groups in total. The summed E-state index contributed by atoms with van der Waals surface area (Å²) in [4.78, 5) is 28.8. The molecule has 3 aromatic rings. The van der Waals surface area contributed by atoms with E-state index in [1.807, 2.05) is 0 Å². The summed E-state index contributed by atoms with van der Waals surface area (Å²) in [5.74, 6) is -1.40. The van der Waals surface area contributed by atoms with Crippen LogP contribution in [-0.4, -0.2) is 22.1 Å². The van der Waals surface area contributed by atoms with Gasteiger partial charge in [0, 0.05) is 5.39 Å². The van der Waals surface area contributed by atoms with Gasteiger partial charge in [0.05, 0.1) is 24.0 Å². The minimum Gasteiger partial charge on any atom is -0.462 e. The van der Waals surface area contributed by atoms with E-state index in [4.69, 9.17) is 27.9 Å². The third-order valence-corrected chi connectivity index (χ3v) is 4.11. The number of ether oxygens (including phenoxy) is 1. The number of carbonyl (C=O) groups excluding carboxylic acids is 1. The van der Waals surface area contributed by atoms with Crippen molar-refractivity contribution in [3.63, 3.8) is 0 Å². The molecule has 0 bridgehead atoms. The zero-order chi connectivity index (χ0) is 18.1. The van der Waals surface area contributed by atoms with Crippen LogP contribution in [0.4, 0.5) is 4.39 Å². The van der Waals surface area contributed by atoms with Crippen LogP contribution in [0.2, 0.25) is 10.3 Å². The lowest BCUT2D eigenvalue weighted by atomic mass is 10.1. The van der Waals surface area contributed by atoms with Crippen LogP contribution in [0.3, 0.4) is 0 Å². The monoisotopic (exact) mass is 380 g/mol. The number of fused-ring (bicyclic) bond motifs is 1. The van der Waals surface area contributed by atoms with E-state index in [1.54, 1.807) is 13.0 Å². The molecule has 0 aliphatic heterocycles. The fraction of sp³-hybridized carbons (Fsp3) is 0.118. The number of hydrogen-bond donors (Lipinski definition) is 0. The van der Waals surface area contributed by atoms with Gasteiger partial charge in [-0.3, -0.25) is 9.36 Å². The van der Waals surface area contributed by atoms with Crippen molar-refractivity contribution in [1.29, 1.82) is 0 Å². The van der Waals surface area contributed by atoms with Crippen LogP contribution in [0, 0.1) is 5.82 Å². The fourth-order valence-electron chi connectivity index (χ4n) is 2.46. The summed E-state index contributed by atoms with van der Waals surface area (Å²) in [5.41, 5.74) is -0.336. The van der Waals surface area contributed by atoms with E-state index in [0.717, 1.165) is 12.1 Å². The van der Waals surface area contributed by atoms with Gasteiger partial charge in [-0.15, -0.1) is 0 Å². The maximum absolute atomic E-state index is 13.8. The Bertz CT molecular complexity index is 1030. The zero-order valence-electron chi connectivity index (χ0n) is 12.9. The quantitative estimate of drug-likeness (QED) is 0.508. The van der Waals surface area contributed by atoms with Crippen molar-refractivity contribution >= 4 is 40.1 Å². The fourth-order valence-corrected chi connectivity index (χ4v) is 2.92. The van der Waals surface area contributed by atoms with Crippen LogP contribution in [0.15, 0.2) is 41.3 Å². The molecule has 8 heteroatoms. The molecule has 0 radical (unpaired) electrons. The molecule has 0 saturated heterocycles. The topological polar surface area (TPSA) is 61.2 Å². The Hall–Kier alpha value is -2.44. The van der Waals surface area contributed by atoms with Crippen molar-refractivity contribution in [2.24, 2.45) is 0 Å². The van der Waals surface area contributed by atoms with E-state index in [1.165, 1.54) is 22.9 Å². The number of esters is 1. The molecular weight excluding hydrogens is 370 g/mol. The number of rotatable bonds is 3. The van der Waals surface area contributed by atoms with Gasteiger partial charge in [0.25, 0.3) is 0 Å². The Morgan fingerprint density at radius 3 is 2.68 bits per heavy atom. The Labute approximate surface area is 151 Å². The van der Waals surface area contributed by atoms with Crippen LogP contribution in [0.25, 0.3) is 16.6 Å². The van der Waals surface area contributed by atoms with Gasteiger partial charge in [-0.25, -0.2) is 14.2 Å². The molecule has 0 saturated carbocycles. The number of pyridine rings is 2. The van der Waals surface area contributed by atoms with Crippen molar-refractivity contribution in [1.82, 2.24) is 9.55 Å². The first kappa shape index (κ1) is 17.4. The molecule has 3 rings (SSSR count). The summed E-state index contributed by atoms with van der Waals surface area (Å²) in [6.07, 6.45) is 1.40. The summed E-state index contributed by atoms with van der Waals surface area (Å²) >= 11 is 12.1. The molecule has 1 aromatic carbocycles. The molecule has 128 valence electrons. The normalized spacial score (nSPS) is 10.9. The predicted molar refractivity (Wildman–Crippen MR) is 93.3 cm³/mol. The lowest BCUT2D eigenvalue weighted by Crippen LogP contribution is -2.22. The van der Waals surface area contributed by atoms with Crippen molar-refractivity contribution < 1.29 is 13.9 Å². The van der Waals surface area contributed by atoms with Crippen molar-refractivity contribution in [3.05, 3.63) is 68.4 Å². The molecule has 0 atom stereocenters. The molecule has 25 heavy (non-hydrogen) atoms. The second kappa shape index (κ2) is 6.82. The third kappa shape index (κ3) is 3.10. The minimum absolute atomic E-state index is 0.0819. The molecule has 2 aromatic heterocycles. The van der Waals surface area contributed by atoms with Gasteiger partial charge in [-0.1, -0.05) is 23.2 Å². The van der Waals surface area contributed by atoms with E-state index >= 15 is 0 Å². The first-order valence-electron chi connectivity index (χ1n) is 7.27. The summed E-state index contributed by atoms with van der Waals surface area (Å²) in [5, 5.41) is 0.191. The first-order chi connectivity index (χ1) is 11.9. The standard InChI is InChI=1S/C17H11Cl2FN2O3/c1-2-25-17(24)14-15(23)11-5-3-9(20)7-12(11)22(16(14)19)10-4-6-13(18)21-8-10/h3-8H,2H2,1H3. The number of carbonyl (C=O) groups is 1. The van der Waals surface area contributed by atoms with E-state index in [0.29, 0.717) is 5.69 Å². The maximum Gasteiger partial charge on any atom is 0.345 e. The van der Waals surface area contributed by atoms with E-state index in [9.17, 15) is 14.0 Å². The molecule has 0 aliphatic rings. The average Bonchev–Trinajstić information content (AvgIpc) is 2.56. The Kier molecular flexibility index (Phi) is 4.74. The van der Waals surface area contributed by atoms with Crippen LogP contribution < -0.4 is 5.43 Å². The Morgan fingerprint density at radius 1 is 1.28 bits per heavy atom. The van der Waals surface area contributed by atoms with Gasteiger partial charge in [0.1, 0.15) is 21.7 Å². The highest BCUT2D eigenvalue weighted by molar-refractivity contribution is 6.33. The molecule has 5 nitrogen and oxygen atoms in total. The van der Waals surface area contributed by atoms with Crippen LogP contribution in [0.1, 0.15) is 17.3 Å². The van der Waals surface area contributed by atoms with Crippen molar-refractivity contribution in [2.45, 2.75) is 6.92 Å². The molecule has 0 fully saturated rings. The van der Waals surface area contributed by atoms with E-state index in [2.05, 4.69) is 4.98 Å². The lowest BCUT2D eigenvalue weighted by molar-refractivity contribution is 0.0524. The van der Waals surface area contributed by atoms with Gasteiger partial charge in [0.15, 0.2) is 0 Å². The molecule has 0 aliphatic carbocycles. The van der Waals surface area contributed by atoms with Crippen LogP contribution in [-0.2, 0) is 4.74 Å². The van der Waals surface area contributed by atoms with Gasteiger partial charge < -0.3 is 4.74 Å². The predicted octanol–water partition coefficient (Wildman–Crippen LogP) is 4.01. The molecular formula is C17H11Cl2FN2O3. The molecule has 0 amide bonds. The van der Waals surface area contributed by atoms with Gasteiger partial charge >= 0.3 is 5.97 Å². The van der Waals surface area contributed by atoms with Gasteiger partial charge in [-0.05, 0) is 37.3 Å². The SMILES string of the molecule is CCOC(=O)c1c(Cl)n(-c2ccc(Cl)nc2)c2cc(F)ccc2c1=O. The average molecular weight is 381 g/mol. The van der Waals surface area contributed by atoms with Crippen LogP contribution in [0.5, 0.6) is 0 Å². The highest BCUT2D eigenvalue weighted by Crippen LogP contribution is 2.26. The number of benzene rings is 1. The molecule has 0 spiro atoms. The summed E-state index contributed by atoms with van der Waals surface area (Å²) in [6, 6.07) is 6.69. The summed E-state index contributed by atoms with van der Waals surface area (Å²) in [6.45, 7) is 1.70. The van der Waals surface area contributed by atoms with E-state index in [-0.39, 0.29) is 33.4 Å². The second-order valence-electron chi connectivity index (χ2n) is 5.05. The Balaban J connectivity index is 2.44. The largest absolute Gasteiger partial charge is 0.462 e. The van der Waals surface area contributed by atoms with Gasteiger partial charge in [-0.2, -0.15) is 0 Å². The van der Waals surface area contributed by atoms with Gasteiger partial charge in [0.2, 0.25) is 5.43 Å². The number of halogens is 3. The van der Waals surface area contributed by atoms with E-state index < -0.39 is 17.2 Å². The second-order valence-corrected chi connectivity index (χ2v) is 5.80. The number of hydrogen-bond acceptors (Lipinski definition) is 4. The molecule has 2 heterocycles. The lowest BCUT2D eigenvalue weighted by Gasteiger charge is -2.16. The van der Waals surface area contributed by atoms with Crippen molar-refractivity contribution in [3.8, 4) is 5.69 Å². The number of nitrogens with zero attached hydrogens (tertiary/aromatic N) is 2. The third-order valence-electron chi connectivity index (χ3n) is 3.52. The van der Waals surface area contributed by atoms with Crippen LogP contribution >= 0.6 is 23.2 Å². The zero-order valence-corrected chi connectivity index (χ0v) is 14.4. The molecule has 0 unspecified atom stereocenters. The number of aromatic nitrogens is 2. The first-order valence-corrected chi connectivity index (χ1v) is 8.02. The smallest absolute Gasteiger partial charge is 0.345 e. The summed E-state index contributed by atoms with van der Waals surface area (Å²) < 4.78 is 20.0. The highest BCUT2D eigenvalue weighted by Gasteiger charge is 2.23. The Morgan fingerprint density at radius 2 is 2.04 bits per heavy atom. The maximum atomic E-state index is 13.8. The van der Waals surface area contributed by atoms with Crippen molar-refractivity contribution in [2.75, 3.05) is 6.61 Å². The summed E-state index contributed by atoms with van der Waals surface area (Å²) in [7, 11) is 0. The highest BCUT2D eigenvalue weighted by atomic mass is 35.5.